The molecule has 0 aliphatic heterocycles. The normalized spacial score (nSPS) is 18.6. The summed E-state index contributed by atoms with van der Waals surface area (Å²) < 4.78 is 14.2. The summed E-state index contributed by atoms with van der Waals surface area (Å²) >= 11 is 0. The third-order valence-electron chi connectivity index (χ3n) is 3.25. The number of aromatic carboxylic acids is 1. The van der Waals surface area contributed by atoms with E-state index in [0.29, 0.717) is 18.4 Å². The molecular weight excluding hydrogens is 207 g/mol. The van der Waals surface area contributed by atoms with E-state index in [2.05, 4.69) is 0 Å². The Balaban J connectivity index is 2.23. The Bertz CT molecular complexity index is 395. The van der Waals surface area contributed by atoms with Crippen LogP contribution >= 0.6 is 0 Å². The Morgan fingerprint density at radius 2 is 1.94 bits per heavy atom. The lowest BCUT2D eigenvalue weighted by atomic mass is 9.92. The van der Waals surface area contributed by atoms with Crippen LogP contribution in [0.15, 0.2) is 24.3 Å². The SMILES string of the molecule is O=C(O)c1ccccc1CC1(F)CCCC1. The first-order valence-electron chi connectivity index (χ1n) is 5.61. The molecule has 2 nitrogen and oxygen atoms in total. The molecule has 0 amide bonds. The summed E-state index contributed by atoms with van der Waals surface area (Å²) in [7, 11) is 0. The fourth-order valence-corrected chi connectivity index (χ4v) is 2.41. The smallest absolute Gasteiger partial charge is 0.335 e. The van der Waals surface area contributed by atoms with Gasteiger partial charge in [0.15, 0.2) is 0 Å². The Hall–Kier alpha value is -1.38. The summed E-state index contributed by atoms with van der Waals surface area (Å²) in [6.45, 7) is 0. The predicted molar refractivity (Wildman–Crippen MR) is 59.4 cm³/mol. The molecule has 3 heteroatoms. The van der Waals surface area contributed by atoms with Crippen LogP contribution in [0.25, 0.3) is 0 Å². The molecule has 86 valence electrons. The first kappa shape index (κ1) is 11.1. The first-order valence-corrected chi connectivity index (χ1v) is 5.61. The lowest BCUT2D eigenvalue weighted by Gasteiger charge is -2.19. The number of hydrogen-bond donors (Lipinski definition) is 1. The van der Waals surface area contributed by atoms with Crippen molar-refractivity contribution in [3.8, 4) is 0 Å². The number of alkyl halides is 1. The van der Waals surface area contributed by atoms with E-state index in [1.807, 2.05) is 0 Å². The van der Waals surface area contributed by atoms with Gasteiger partial charge in [0.25, 0.3) is 0 Å². The van der Waals surface area contributed by atoms with Gasteiger partial charge in [0.2, 0.25) is 0 Å². The van der Waals surface area contributed by atoms with Crippen molar-refractivity contribution >= 4 is 5.97 Å². The van der Waals surface area contributed by atoms with Crippen molar-refractivity contribution in [1.29, 1.82) is 0 Å². The van der Waals surface area contributed by atoms with Gasteiger partial charge in [0.1, 0.15) is 5.67 Å². The van der Waals surface area contributed by atoms with E-state index in [9.17, 15) is 9.18 Å². The van der Waals surface area contributed by atoms with Gasteiger partial charge in [-0.1, -0.05) is 31.0 Å². The molecule has 1 saturated carbocycles. The van der Waals surface area contributed by atoms with Crippen molar-refractivity contribution in [2.24, 2.45) is 0 Å². The average molecular weight is 222 g/mol. The lowest BCUT2D eigenvalue weighted by Crippen LogP contribution is -2.22. The number of carboxylic acids is 1. The third kappa shape index (κ3) is 2.23. The maximum Gasteiger partial charge on any atom is 0.335 e. The quantitative estimate of drug-likeness (QED) is 0.852. The van der Waals surface area contributed by atoms with E-state index >= 15 is 0 Å². The van der Waals surface area contributed by atoms with Gasteiger partial charge in [-0.15, -0.1) is 0 Å². The van der Waals surface area contributed by atoms with Crippen molar-refractivity contribution < 1.29 is 14.3 Å². The van der Waals surface area contributed by atoms with Crippen LogP contribution in [0.2, 0.25) is 0 Å². The zero-order valence-electron chi connectivity index (χ0n) is 9.08. The van der Waals surface area contributed by atoms with Crippen molar-refractivity contribution in [2.75, 3.05) is 0 Å². The molecule has 1 N–H and O–H groups in total. The van der Waals surface area contributed by atoms with Crippen molar-refractivity contribution in [3.63, 3.8) is 0 Å². The monoisotopic (exact) mass is 222 g/mol. The molecule has 0 spiro atoms. The van der Waals surface area contributed by atoms with Crippen molar-refractivity contribution in [1.82, 2.24) is 0 Å². The van der Waals surface area contributed by atoms with E-state index in [0.717, 1.165) is 12.8 Å². The molecule has 0 radical (unpaired) electrons. The van der Waals surface area contributed by atoms with Crippen LogP contribution in [-0.2, 0) is 6.42 Å². The van der Waals surface area contributed by atoms with E-state index in [1.165, 1.54) is 6.07 Å². The minimum absolute atomic E-state index is 0.228. The van der Waals surface area contributed by atoms with Crippen LogP contribution in [0.4, 0.5) is 4.39 Å². The highest BCUT2D eigenvalue weighted by Gasteiger charge is 2.34. The zero-order valence-corrected chi connectivity index (χ0v) is 9.08. The van der Waals surface area contributed by atoms with Gasteiger partial charge in [-0.3, -0.25) is 0 Å². The summed E-state index contributed by atoms with van der Waals surface area (Å²) in [6.07, 6.45) is 3.16. The standard InChI is InChI=1S/C13H15FO2/c14-13(7-3-4-8-13)9-10-5-1-2-6-11(10)12(15)16/h1-2,5-6H,3-4,7-9H2,(H,15,16). The molecule has 0 bridgehead atoms. The summed E-state index contributed by atoms with van der Waals surface area (Å²) in [6, 6.07) is 6.69. The highest BCUT2D eigenvalue weighted by Crippen LogP contribution is 2.36. The third-order valence-corrected chi connectivity index (χ3v) is 3.25. The van der Waals surface area contributed by atoms with Gasteiger partial charge < -0.3 is 5.11 Å². The van der Waals surface area contributed by atoms with Crippen LogP contribution in [-0.4, -0.2) is 16.7 Å². The van der Waals surface area contributed by atoms with Crippen LogP contribution in [0.3, 0.4) is 0 Å². The Kier molecular flexibility index (Phi) is 2.95. The van der Waals surface area contributed by atoms with E-state index < -0.39 is 11.6 Å². The maximum atomic E-state index is 14.2. The molecule has 0 atom stereocenters. The molecule has 0 aromatic heterocycles. The van der Waals surface area contributed by atoms with Gasteiger partial charge in [0.05, 0.1) is 5.56 Å². The van der Waals surface area contributed by atoms with Crippen molar-refractivity contribution in [3.05, 3.63) is 35.4 Å². The summed E-state index contributed by atoms with van der Waals surface area (Å²) in [5.41, 5.74) is -0.350. The topological polar surface area (TPSA) is 37.3 Å². The Morgan fingerprint density at radius 1 is 1.31 bits per heavy atom. The van der Waals surface area contributed by atoms with Crippen LogP contribution in [0, 0.1) is 0 Å². The zero-order chi connectivity index (χ0) is 11.6. The number of carboxylic acid groups (broad SMARTS) is 1. The van der Waals surface area contributed by atoms with Crippen LogP contribution < -0.4 is 0 Å². The summed E-state index contributed by atoms with van der Waals surface area (Å²) in [5.74, 6) is -0.975. The van der Waals surface area contributed by atoms with E-state index in [1.54, 1.807) is 18.2 Å². The number of halogens is 1. The highest BCUT2D eigenvalue weighted by molar-refractivity contribution is 5.89. The van der Waals surface area contributed by atoms with Crippen LogP contribution in [0.1, 0.15) is 41.6 Å². The van der Waals surface area contributed by atoms with E-state index in [4.69, 9.17) is 5.11 Å². The molecule has 0 heterocycles. The number of rotatable bonds is 3. The van der Waals surface area contributed by atoms with Crippen LogP contribution in [0.5, 0.6) is 0 Å². The molecule has 1 fully saturated rings. The second-order valence-corrected chi connectivity index (χ2v) is 4.50. The Labute approximate surface area is 94.1 Å². The molecule has 1 aliphatic carbocycles. The lowest BCUT2D eigenvalue weighted by molar-refractivity contribution is 0.0694. The highest BCUT2D eigenvalue weighted by atomic mass is 19.1. The molecule has 1 aromatic rings. The number of hydrogen-bond acceptors (Lipinski definition) is 1. The van der Waals surface area contributed by atoms with E-state index in [-0.39, 0.29) is 12.0 Å². The molecule has 0 unspecified atom stereocenters. The molecular formula is C13H15FO2. The average Bonchev–Trinajstić information content (AvgIpc) is 2.65. The fourth-order valence-electron chi connectivity index (χ4n) is 2.41. The number of carbonyl (C=O) groups is 1. The Morgan fingerprint density at radius 3 is 2.56 bits per heavy atom. The molecule has 1 aliphatic rings. The van der Waals surface area contributed by atoms with Gasteiger partial charge in [-0.2, -0.15) is 0 Å². The minimum Gasteiger partial charge on any atom is -0.478 e. The number of benzene rings is 1. The molecule has 2 rings (SSSR count). The minimum atomic E-state index is -1.19. The van der Waals surface area contributed by atoms with Gasteiger partial charge in [-0.05, 0) is 24.5 Å². The van der Waals surface area contributed by atoms with Gasteiger partial charge >= 0.3 is 5.97 Å². The molecule has 16 heavy (non-hydrogen) atoms. The molecule has 1 aromatic carbocycles. The second-order valence-electron chi connectivity index (χ2n) is 4.50. The second kappa shape index (κ2) is 4.24. The first-order chi connectivity index (χ1) is 7.61. The summed E-state index contributed by atoms with van der Waals surface area (Å²) in [5, 5.41) is 9.00. The van der Waals surface area contributed by atoms with Gasteiger partial charge in [0, 0.05) is 6.42 Å². The van der Waals surface area contributed by atoms with Crippen molar-refractivity contribution in [2.45, 2.75) is 37.8 Å². The van der Waals surface area contributed by atoms with Gasteiger partial charge in [-0.25, -0.2) is 9.18 Å². The summed E-state index contributed by atoms with van der Waals surface area (Å²) in [4.78, 5) is 11.0. The fraction of sp³-hybridized carbons (Fsp3) is 0.462. The molecule has 0 saturated heterocycles. The largest absolute Gasteiger partial charge is 0.478 e. The maximum absolute atomic E-state index is 14.2. The predicted octanol–water partition coefficient (Wildman–Crippen LogP) is 3.21.